The molecule has 3 atom stereocenters. The number of hydrogen-bond donors (Lipinski definition) is 2. The van der Waals surface area contributed by atoms with Crippen molar-refractivity contribution in [1.29, 1.82) is 0 Å². The fourth-order valence-electron chi connectivity index (χ4n) is 9.71. The van der Waals surface area contributed by atoms with Gasteiger partial charge in [-0.15, -0.1) is 0 Å². The molecule has 0 spiro atoms. The number of likely N-dealkylation sites (tertiary alicyclic amines) is 1. The highest BCUT2D eigenvalue weighted by Crippen LogP contribution is 2.52. The first-order chi connectivity index (χ1) is 29.0. The Morgan fingerprint density at radius 1 is 0.803 bits per heavy atom. The zero-order valence-electron chi connectivity index (χ0n) is 34.2. The van der Waals surface area contributed by atoms with Crippen molar-refractivity contribution < 1.29 is 55.6 Å². The Bertz CT molecular complexity index is 2140. The lowest BCUT2D eigenvalue weighted by molar-refractivity contribution is -0.139. The molecule has 0 bridgehead atoms. The molecule has 2 N–H and O–H groups in total. The largest absolute Gasteiger partial charge is 0.489 e. The lowest BCUT2D eigenvalue weighted by atomic mass is 9.60. The van der Waals surface area contributed by atoms with Crippen LogP contribution in [0.4, 0.5) is 26.3 Å². The molecule has 328 valence electrons. The lowest BCUT2D eigenvalue weighted by Gasteiger charge is -2.51. The van der Waals surface area contributed by atoms with Crippen LogP contribution in [0.5, 0.6) is 5.75 Å². The first-order valence-corrected chi connectivity index (χ1v) is 21.0. The van der Waals surface area contributed by atoms with E-state index in [1.54, 1.807) is 24.3 Å². The van der Waals surface area contributed by atoms with Gasteiger partial charge < -0.3 is 24.6 Å². The summed E-state index contributed by atoms with van der Waals surface area (Å²) in [6.07, 6.45) is 1.53. The van der Waals surface area contributed by atoms with Crippen molar-refractivity contribution in [1.82, 2.24) is 9.80 Å². The van der Waals surface area contributed by atoms with Crippen LogP contribution in [0, 0.1) is 11.3 Å². The third kappa shape index (κ3) is 10.6. The molecule has 0 aromatic heterocycles. The highest BCUT2D eigenvalue weighted by Gasteiger charge is 2.48. The standard InChI is InChI=1S/C47H52F6N2O6/c1-45-24-36(60-28-30-6-5-9-34(20-30)46(48,49)50)12-11-35(45)25-55(19-16-44(58)59)27-42(45)39-23-37(22-33-14-17-54(26-40(33)39)18-15-43(56)57)61-29-31-10-13-38(32-7-3-2-4-8-32)41(21-31)47(51,52)53/h5-6,9-13,20-24,32,35,42H,2-4,7-8,14-19,25-29H2,1H3,(H,56,57)(H,58,59). The van der Waals surface area contributed by atoms with Gasteiger partial charge in [-0.3, -0.25) is 14.5 Å². The Labute approximate surface area is 351 Å². The van der Waals surface area contributed by atoms with Gasteiger partial charge in [-0.1, -0.05) is 56.5 Å². The van der Waals surface area contributed by atoms with Gasteiger partial charge in [-0.2, -0.15) is 26.3 Å². The number of piperidine rings is 1. The van der Waals surface area contributed by atoms with Crippen LogP contribution < -0.4 is 4.74 Å². The molecule has 7 rings (SSSR count). The van der Waals surface area contributed by atoms with Gasteiger partial charge in [0.05, 0.1) is 24.0 Å². The maximum atomic E-state index is 14.5. The number of nitrogens with zero attached hydrogens (tertiary/aromatic N) is 2. The smallest absolute Gasteiger partial charge is 0.416 e. The van der Waals surface area contributed by atoms with Crippen molar-refractivity contribution in [2.24, 2.45) is 11.3 Å². The van der Waals surface area contributed by atoms with E-state index in [4.69, 9.17) is 9.47 Å². The van der Waals surface area contributed by atoms with Crippen molar-refractivity contribution in [2.75, 3.05) is 32.7 Å². The third-order valence-electron chi connectivity index (χ3n) is 13.0. The first kappa shape index (κ1) is 44.2. The number of fused-ring (bicyclic) bond motifs is 2. The molecule has 2 fully saturated rings. The summed E-state index contributed by atoms with van der Waals surface area (Å²) >= 11 is 0. The Morgan fingerprint density at radius 2 is 1.51 bits per heavy atom. The fourth-order valence-corrected chi connectivity index (χ4v) is 9.71. The number of alkyl halides is 6. The number of benzene rings is 3. The van der Waals surface area contributed by atoms with E-state index in [9.17, 15) is 46.1 Å². The lowest BCUT2D eigenvalue weighted by Crippen LogP contribution is -2.51. The van der Waals surface area contributed by atoms with E-state index in [-0.39, 0.29) is 50.4 Å². The van der Waals surface area contributed by atoms with Crippen LogP contribution >= 0.6 is 0 Å². The highest BCUT2D eigenvalue weighted by atomic mass is 19.4. The monoisotopic (exact) mass is 854 g/mol. The Kier molecular flexibility index (Phi) is 13.2. The van der Waals surface area contributed by atoms with E-state index in [0.29, 0.717) is 67.3 Å². The summed E-state index contributed by atoms with van der Waals surface area (Å²) in [4.78, 5) is 27.5. The second kappa shape index (κ2) is 18.3. The van der Waals surface area contributed by atoms with Crippen LogP contribution in [-0.2, 0) is 52.9 Å². The predicted octanol–water partition coefficient (Wildman–Crippen LogP) is 10.4. The number of carboxylic acid groups (broad SMARTS) is 2. The van der Waals surface area contributed by atoms with Crippen molar-refractivity contribution >= 4 is 11.9 Å². The number of allylic oxidation sites excluding steroid dienone is 2. The normalized spacial score (nSPS) is 22.6. The van der Waals surface area contributed by atoms with Crippen LogP contribution in [0.15, 0.2) is 78.6 Å². The van der Waals surface area contributed by atoms with Gasteiger partial charge in [0.1, 0.15) is 24.7 Å². The summed E-state index contributed by atoms with van der Waals surface area (Å²) < 4.78 is 96.4. The van der Waals surface area contributed by atoms with Crippen molar-refractivity contribution in [2.45, 2.75) is 102 Å². The van der Waals surface area contributed by atoms with E-state index >= 15 is 0 Å². The molecule has 2 aliphatic carbocycles. The van der Waals surface area contributed by atoms with Gasteiger partial charge in [0.25, 0.3) is 0 Å². The van der Waals surface area contributed by atoms with Crippen molar-refractivity contribution in [3.8, 4) is 5.75 Å². The third-order valence-corrected chi connectivity index (χ3v) is 13.0. The number of aliphatic carboxylic acids is 2. The number of hydrogen-bond acceptors (Lipinski definition) is 6. The van der Waals surface area contributed by atoms with Gasteiger partial charge in [0, 0.05) is 50.6 Å². The van der Waals surface area contributed by atoms with Gasteiger partial charge in [0.15, 0.2) is 0 Å². The summed E-state index contributed by atoms with van der Waals surface area (Å²) in [5, 5.41) is 19.1. The maximum absolute atomic E-state index is 14.5. The van der Waals surface area contributed by atoms with Gasteiger partial charge >= 0.3 is 24.3 Å². The molecule has 1 saturated heterocycles. The summed E-state index contributed by atoms with van der Waals surface area (Å²) in [7, 11) is 0. The Balaban J connectivity index is 1.23. The molecule has 1 saturated carbocycles. The molecular formula is C47H52F6N2O6. The highest BCUT2D eigenvalue weighted by molar-refractivity contribution is 5.67. The van der Waals surface area contributed by atoms with E-state index in [2.05, 4.69) is 16.7 Å². The first-order valence-electron chi connectivity index (χ1n) is 21.0. The minimum absolute atomic E-state index is 0.0440. The molecule has 14 heteroatoms. The van der Waals surface area contributed by atoms with Crippen LogP contribution in [0.1, 0.15) is 108 Å². The molecule has 4 aliphatic rings. The average molecular weight is 855 g/mol. The second-order valence-electron chi connectivity index (χ2n) is 17.2. The van der Waals surface area contributed by atoms with Crippen LogP contribution in [-0.4, -0.2) is 64.7 Å². The molecule has 0 amide bonds. The second-order valence-corrected chi connectivity index (χ2v) is 17.2. The van der Waals surface area contributed by atoms with Crippen molar-refractivity contribution in [3.63, 3.8) is 0 Å². The van der Waals surface area contributed by atoms with E-state index in [1.165, 1.54) is 12.1 Å². The van der Waals surface area contributed by atoms with Crippen LogP contribution in [0.3, 0.4) is 0 Å². The summed E-state index contributed by atoms with van der Waals surface area (Å²) in [6, 6.07) is 13.3. The molecule has 61 heavy (non-hydrogen) atoms. The molecule has 3 aromatic carbocycles. The molecule has 3 aromatic rings. The van der Waals surface area contributed by atoms with Crippen LogP contribution in [0.2, 0.25) is 0 Å². The number of halogens is 6. The zero-order chi connectivity index (χ0) is 43.5. The Morgan fingerprint density at radius 3 is 2.21 bits per heavy atom. The quantitative estimate of drug-likeness (QED) is 0.155. The van der Waals surface area contributed by atoms with E-state index in [1.807, 2.05) is 24.3 Å². The number of rotatable bonds is 14. The van der Waals surface area contributed by atoms with E-state index < -0.39 is 40.8 Å². The number of ether oxygens (including phenoxy) is 2. The molecule has 0 radical (unpaired) electrons. The molecule has 2 heterocycles. The topological polar surface area (TPSA) is 99.5 Å². The van der Waals surface area contributed by atoms with E-state index in [0.717, 1.165) is 60.9 Å². The van der Waals surface area contributed by atoms with Gasteiger partial charge in [-0.25, -0.2) is 0 Å². The van der Waals surface area contributed by atoms with Crippen molar-refractivity contribution in [3.05, 3.63) is 123 Å². The average Bonchev–Trinajstić information content (AvgIpc) is 3.22. The predicted molar refractivity (Wildman–Crippen MR) is 216 cm³/mol. The summed E-state index contributed by atoms with van der Waals surface area (Å²) in [6.45, 7) is 4.50. The number of carbonyl (C=O) groups is 2. The number of carboxylic acids is 2. The zero-order valence-corrected chi connectivity index (χ0v) is 34.2. The van der Waals surface area contributed by atoms with Gasteiger partial charge in [-0.05, 0) is 107 Å². The Hall–Kier alpha value is -4.82. The maximum Gasteiger partial charge on any atom is 0.416 e. The minimum Gasteiger partial charge on any atom is -0.489 e. The van der Waals surface area contributed by atoms with Crippen LogP contribution in [0.25, 0.3) is 0 Å². The molecule has 2 aliphatic heterocycles. The molecule has 8 nitrogen and oxygen atoms in total. The fraction of sp³-hybridized carbons (Fsp3) is 0.489. The summed E-state index contributed by atoms with van der Waals surface area (Å²) in [5.41, 5.74) is 1.88. The van der Waals surface area contributed by atoms with Gasteiger partial charge in [0.2, 0.25) is 0 Å². The minimum atomic E-state index is -4.52. The SMILES string of the molecule is CC12C=C(OCc3cccc(C(F)(F)F)c3)C=CC1CN(CCC(=O)O)CC2c1cc(OCc2ccc(C3CCCCC3)c(C(F)(F)F)c2)cc2c1CN(CCC(=O)O)CC2. The molecule has 3 unspecified atom stereocenters. The summed E-state index contributed by atoms with van der Waals surface area (Å²) in [5.74, 6) is -1.47. The molecular weight excluding hydrogens is 803 g/mol.